The third-order valence-corrected chi connectivity index (χ3v) is 2.05. The molecule has 0 aliphatic heterocycles. The van der Waals surface area contributed by atoms with Gasteiger partial charge in [0.15, 0.2) is 17.5 Å². The van der Waals surface area contributed by atoms with Gasteiger partial charge in [0, 0.05) is 13.0 Å². The van der Waals surface area contributed by atoms with E-state index in [2.05, 4.69) is 11.2 Å². The molecule has 0 heterocycles. The summed E-state index contributed by atoms with van der Waals surface area (Å²) < 4.78 is 38.2. The average molecular weight is 227 g/mol. The molecule has 16 heavy (non-hydrogen) atoms. The Morgan fingerprint density at radius 2 is 1.81 bits per heavy atom. The van der Waals surface area contributed by atoms with Crippen LogP contribution in [-0.2, 0) is 6.54 Å². The molecule has 0 aliphatic carbocycles. The van der Waals surface area contributed by atoms with Gasteiger partial charge in [0.05, 0.1) is 0 Å². The standard InChI is InChI=1S/C12H12F3N/c1-2-3-4-5-16-8-9-6-10(13)12(15)11(14)7-9/h1,6-7,16H,3-5,8H2. The van der Waals surface area contributed by atoms with Crippen LogP contribution in [0.1, 0.15) is 18.4 Å². The highest BCUT2D eigenvalue weighted by molar-refractivity contribution is 5.19. The molecule has 1 aromatic rings. The Kier molecular flexibility index (Phi) is 4.87. The lowest BCUT2D eigenvalue weighted by atomic mass is 10.2. The van der Waals surface area contributed by atoms with E-state index >= 15 is 0 Å². The van der Waals surface area contributed by atoms with Gasteiger partial charge in [-0.3, -0.25) is 0 Å². The number of terminal acetylenes is 1. The van der Waals surface area contributed by atoms with Crippen LogP contribution in [0.3, 0.4) is 0 Å². The second kappa shape index (κ2) is 6.19. The molecule has 0 radical (unpaired) electrons. The van der Waals surface area contributed by atoms with Crippen molar-refractivity contribution in [1.82, 2.24) is 5.32 Å². The van der Waals surface area contributed by atoms with Gasteiger partial charge >= 0.3 is 0 Å². The fourth-order valence-corrected chi connectivity index (χ4v) is 1.26. The molecule has 0 unspecified atom stereocenters. The zero-order chi connectivity index (χ0) is 12.0. The monoisotopic (exact) mass is 227 g/mol. The van der Waals surface area contributed by atoms with Gasteiger partial charge in [-0.1, -0.05) is 0 Å². The summed E-state index contributed by atoms with van der Waals surface area (Å²) in [5, 5.41) is 2.96. The van der Waals surface area contributed by atoms with Crippen LogP contribution in [0.15, 0.2) is 12.1 Å². The molecule has 0 saturated heterocycles. The number of hydrogen-bond acceptors (Lipinski definition) is 1. The highest BCUT2D eigenvalue weighted by Gasteiger charge is 2.09. The molecule has 0 aliphatic rings. The molecule has 1 N–H and O–H groups in total. The van der Waals surface area contributed by atoms with Crippen LogP contribution >= 0.6 is 0 Å². The lowest BCUT2D eigenvalue weighted by Crippen LogP contribution is -2.15. The van der Waals surface area contributed by atoms with E-state index < -0.39 is 17.5 Å². The fourth-order valence-electron chi connectivity index (χ4n) is 1.26. The third kappa shape index (κ3) is 3.59. The maximum Gasteiger partial charge on any atom is 0.194 e. The maximum absolute atomic E-state index is 12.8. The van der Waals surface area contributed by atoms with Crippen molar-refractivity contribution < 1.29 is 13.2 Å². The lowest BCUT2D eigenvalue weighted by molar-refractivity contribution is 0.444. The summed E-state index contributed by atoms with van der Waals surface area (Å²) in [5.41, 5.74) is 0.372. The number of halogens is 3. The van der Waals surface area contributed by atoms with Gasteiger partial charge in [-0.25, -0.2) is 13.2 Å². The van der Waals surface area contributed by atoms with E-state index in [-0.39, 0.29) is 0 Å². The second-order valence-corrected chi connectivity index (χ2v) is 3.36. The first-order chi connectivity index (χ1) is 7.65. The molecule has 0 fully saturated rings. The van der Waals surface area contributed by atoms with E-state index in [4.69, 9.17) is 6.42 Å². The van der Waals surface area contributed by atoms with Crippen molar-refractivity contribution >= 4 is 0 Å². The zero-order valence-electron chi connectivity index (χ0n) is 8.69. The Bertz CT molecular complexity index is 373. The van der Waals surface area contributed by atoms with Gasteiger partial charge in [-0.05, 0) is 30.7 Å². The van der Waals surface area contributed by atoms with Crippen LogP contribution < -0.4 is 5.32 Å². The van der Waals surface area contributed by atoms with Gasteiger partial charge in [0.1, 0.15) is 0 Å². The SMILES string of the molecule is C#CCCCNCc1cc(F)c(F)c(F)c1. The van der Waals surface area contributed by atoms with Crippen LogP contribution in [0.2, 0.25) is 0 Å². The third-order valence-electron chi connectivity index (χ3n) is 2.05. The molecular weight excluding hydrogens is 215 g/mol. The van der Waals surface area contributed by atoms with E-state index in [9.17, 15) is 13.2 Å². The predicted octanol–water partition coefficient (Wildman–Crippen LogP) is 2.61. The Morgan fingerprint density at radius 3 is 2.38 bits per heavy atom. The molecular formula is C12H12F3N. The Morgan fingerprint density at radius 1 is 1.19 bits per heavy atom. The molecule has 86 valence electrons. The van der Waals surface area contributed by atoms with Crippen molar-refractivity contribution in [3.8, 4) is 12.3 Å². The molecule has 0 saturated carbocycles. The topological polar surface area (TPSA) is 12.0 Å². The highest BCUT2D eigenvalue weighted by Crippen LogP contribution is 2.13. The van der Waals surface area contributed by atoms with E-state index in [0.29, 0.717) is 25.1 Å². The van der Waals surface area contributed by atoms with Gasteiger partial charge in [0.25, 0.3) is 0 Å². The Labute approximate surface area is 92.7 Å². The average Bonchev–Trinajstić information content (AvgIpc) is 2.25. The van der Waals surface area contributed by atoms with Gasteiger partial charge in [-0.2, -0.15) is 0 Å². The van der Waals surface area contributed by atoms with Crippen molar-refractivity contribution in [2.45, 2.75) is 19.4 Å². The number of rotatable bonds is 5. The molecule has 0 aromatic heterocycles. The normalized spacial score (nSPS) is 10.1. The van der Waals surface area contributed by atoms with Crippen LogP contribution in [0, 0.1) is 29.8 Å². The Hall–Kier alpha value is -1.47. The summed E-state index contributed by atoms with van der Waals surface area (Å²) in [6, 6.07) is 1.96. The van der Waals surface area contributed by atoms with Crippen LogP contribution in [0.4, 0.5) is 13.2 Å². The molecule has 4 heteroatoms. The van der Waals surface area contributed by atoms with Crippen LogP contribution in [0.5, 0.6) is 0 Å². The molecule has 1 nitrogen and oxygen atoms in total. The summed E-state index contributed by atoms with van der Waals surface area (Å²) >= 11 is 0. The summed E-state index contributed by atoms with van der Waals surface area (Å²) in [6.07, 6.45) is 6.51. The van der Waals surface area contributed by atoms with Crippen molar-refractivity contribution in [3.05, 3.63) is 35.1 Å². The zero-order valence-corrected chi connectivity index (χ0v) is 8.69. The van der Waals surface area contributed by atoms with Crippen LogP contribution in [0.25, 0.3) is 0 Å². The summed E-state index contributed by atoms with van der Waals surface area (Å²) in [6.45, 7) is 0.948. The van der Waals surface area contributed by atoms with Crippen molar-refractivity contribution in [3.63, 3.8) is 0 Å². The van der Waals surface area contributed by atoms with Crippen molar-refractivity contribution in [1.29, 1.82) is 0 Å². The van der Waals surface area contributed by atoms with Crippen LogP contribution in [-0.4, -0.2) is 6.54 Å². The minimum absolute atomic E-state index is 0.290. The number of nitrogens with one attached hydrogen (secondary N) is 1. The van der Waals surface area contributed by atoms with E-state index in [0.717, 1.165) is 18.6 Å². The number of hydrogen-bond donors (Lipinski definition) is 1. The Balaban J connectivity index is 2.46. The van der Waals surface area contributed by atoms with Gasteiger partial charge in [-0.15, -0.1) is 12.3 Å². The van der Waals surface area contributed by atoms with Crippen molar-refractivity contribution in [2.75, 3.05) is 6.54 Å². The summed E-state index contributed by atoms with van der Waals surface area (Å²) in [4.78, 5) is 0. The van der Waals surface area contributed by atoms with Crippen molar-refractivity contribution in [2.24, 2.45) is 0 Å². The first kappa shape index (κ1) is 12.6. The summed E-state index contributed by atoms with van der Waals surface area (Å²) in [7, 11) is 0. The number of unbranched alkanes of at least 4 members (excludes halogenated alkanes) is 1. The maximum atomic E-state index is 12.8. The number of benzene rings is 1. The lowest BCUT2D eigenvalue weighted by Gasteiger charge is -2.05. The quantitative estimate of drug-likeness (QED) is 0.463. The highest BCUT2D eigenvalue weighted by atomic mass is 19.2. The second-order valence-electron chi connectivity index (χ2n) is 3.36. The molecule has 1 rings (SSSR count). The largest absolute Gasteiger partial charge is 0.313 e. The minimum atomic E-state index is -1.43. The van der Waals surface area contributed by atoms with Gasteiger partial charge < -0.3 is 5.32 Å². The van der Waals surface area contributed by atoms with E-state index in [1.54, 1.807) is 0 Å². The summed E-state index contributed by atoms with van der Waals surface area (Å²) in [5.74, 6) is -1.28. The van der Waals surface area contributed by atoms with Gasteiger partial charge in [0.2, 0.25) is 0 Å². The smallest absolute Gasteiger partial charge is 0.194 e. The molecule has 1 aromatic carbocycles. The first-order valence-corrected chi connectivity index (χ1v) is 4.92. The predicted molar refractivity (Wildman–Crippen MR) is 56.1 cm³/mol. The van der Waals surface area contributed by atoms with E-state index in [1.807, 2.05) is 0 Å². The molecule has 0 spiro atoms. The first-order valence-electron chi connectivity index (χ1n) is 4.92. The molecule has 0 amide bonds. The molecule has 0 atom stereocenters. The molecule has 0 bridgehead atoms. The van der Waals surface area contributed by atoms with E-state index in [1.165, 1.54) is 0 Å². The minimum Gasteiger partial charge on any atom is -0.313 e. The fraction of sp³-hybridized carbons (Fsp3) is 0.333.